The standard InChI is InChI=1S/C8H14N2/c1-6(2)8(10)7(3)4-5-9/h4-5H,1,9-10H2,2-3H3/b5-4-,8-7+. The summed E-state index contributed by atoms with van der Waals surface area (Å²) in [6.45, 7) is 7.46. The lowest BCUT2D eigenvalue weighted by Gasteiger charge is -2.01. The van der Waals surface area contributed by atoms with Crippen molar-refractivity contribution in [2.75, 3.05) is 0 Å². The van der Waals surface area contributed by atoms with Gasteiger partial charge < -0.3 is 11.5 Å². The molecule has 4 N–H and O–H groups in total. The second-order valence-corrected chi connectivity index (χ2v) is 2.24. The maximum Gasteiger partial charge on any atom is 0.0368 e. The molecule has 0 rings (SSSR count). The zero-order valence-corrected chi connectivity index (χ0v) is 6.52. The Balaban J connectivity index is 4.50. The maximum atomic E-state index is 5.62. The Bertz CT molecular complexity index is 187. The molecule has 0 aromatic heterocycles. The van der Waals surface area contributed by atoms with Gasteiger partial charge in [-0.1, -0.05) is 6.58 Å². The van der Waals surface area contributed by atoms with E-state index in [4.69, 9.17) is 11.5 Å². The third-order valence-electron chi connectivity index (χ3n) is 1.23. The summed E-state index contributed by atoms with van der Waals surface area (Å²) in [5.74, 6) is 0. The van der Waals surface area contributed by atoms with Gasteiger partial charge in [0, 0.05) is 5.70 Å². The Kier molecular flexibility index (Phi) is 3.33. The first-order chi connectivity index (χ1) is 4.59. The van der Waals surface area contributed by atoms with Crippen LogP contribution in [0.3, 0.4) is 0 Å². The summed E-state index contributed by atoms with van der Waals surface area (Å²) in [5, 5.41) is 0. The van der Waals surface area contributed by atoms with Gasteiger partial charge in [-0.3, -0.25) is 0 Å². The minimum atomic E-state index is 0.710. The van der Waals surface area contributed by atoms with Crippen LogP contribution in [0.25, 0.3) is 0 Å². The van der Waals surface area contributed by atoms with Crippen LogP contribution in [0.1, 0.15) is 13.8 Å². The van der Waals surface area contributed by atoms with Gasteiger partial charge in [0.2, 0.25) is 0 Å². The smallest absolute Gasteiger partial charge is 0.0368 e. The zero-order chi connectivity index (χ0) is 8.15. The first-order valence-electron chi connectivity index (χ1n) is 3.10. The van der Waals surface area contributed by atoms with Crippen molar-refractivity contribution >= 4 is 0 Å². The number of hydrogen-bond donors (Lipinski definition) is 2. The van der Waals surface area contributed by atoms with Crippen molar-refractivity contribution < 1.29 is 0 Å². The van der Waals surface area contributed by atoms with E-state index in [0.29, 0.717) is 5.70 Å². The van der Waals surface area contributed by atoms with Crippen LogP contribution in [-0.4, -0.2) is 0 Å². The molecule has 0 saturated heterocycles. The summed E-state index contributed by atoms with van der Waals surface area (Å²) in [6.07, 6.45) is 3.22. The summed E-state index contributed by atoms with van der Waals surface area (Å²) >= 11 is 0. The maximum absolute atomic E-state index is 5.62. The lowest BCUT2D eigenvalue weighted by Crippen LogP contribution is -2.00. The fraction of sp³-hybridized carbons (Fsp3) is 0.250. The summed E-state index contributed by atoms with van der Waals surface area (Å²) in [7, 11) is 0. The number of hydrogen-bond acceptors (Lipinski definition) is 2. The first-order valence-corrected chi connectivity index (χ1v) is 3.10. The summed E-state index contributed by atoms with van der Waals surface area (Å²) in [5.41, 5.74) is 13.3. The van der Waals surface area contributed by atoms with Crippen LogP contribution < -0.4 is 11.5 Å². The lowest BCUT2D eigenvalue weighted by molar-refractivity contribution is 1.24. The lowest BCUT2D eigenvalue weighted by atomic mass is 10.1. The van der Waals surface area contributed by atoms with Gasteiger partial charge in [-0.25, -0.2) is 0 Å². The second kappa shape index (κ2) is 3.77. The molecule has 0 aromatic carbocycles. The summed E-state index contributed by atoms with van der Waals surface area (Å²) in [4.78, 5) is 0. The van der Waals surface area contributed by atoms with Gasteiger partial charge in [0.25, 0.3) is 0 Å². The molecule has 0 atom stereocenters. The van der Waals surface area contributed by atoms with Gasteiger partial charge in [-0.05, 0) is 37.3 Å². The van der Waals surface area contributed by atoms with E-state index in [9.17, 15) is 0 Å². The molecule has 0 radical (unpaired) electrons. The average molecular weight is 138 g/mol. The molecule has 0 aliphatic heterocycles. The topological polar surface area (TPSA) is 52.0 Å². The number of allylic oxidation sites excluding steroid dienone is 3. The average Bonchev–Trinajstić information content (AvgIpc) is 1.87. The van der Waals surface area contributed by atoms with Crippen LogP contribution in [0.2, 0.25) is 0 Å². The molecule has 0 bridgehead atoms. The molecule has 0 heterocycles. The van der Waals surface area contributed by atoms with Gasteiger partial charge in [0.15, 0.2) is 0 Å². The SMILES string of the molecule is C=C(C)/C(N)=C(C)\C=C/N. The molecule has 0 fully saturated rings. The van der Waals surface area contributed by atoms with E-state index in [-0.39, 0.29) is 0 Å². The van der Waals surface area contributed by atoms with Gasteiger partial charge >= 0.3 is 0 Å². The van der Waals surface area contributed by atoms with Gasteiger partial charge in [-0.15, -0.1) is 0 Å². The first kappa shape index (κ1) is 8.82. The van der Waals surface area contributed by atoms with Crippen molar-refractivity contribution in [3.8, 4) is 0 Å². The minimum absolute atomic E-state index is 0.710. The highest BCUT2D eigenvalue weighted by Crippen LogP contribution is 2.06. The third kappa shape index (κ3) is 2.40. The molecule has 0 aromatic rings. The van der Waals surface area contributed by atoms with Crippen molar-refractivity contribution in [2.24, 2.45) is 11.5 Å². The fourth-order valence-electron chi connectivity index (χ4n) is 0.571. The van der Waals surface area contributed by atoms with E-state index >= 15 is 0 Å². The van der Waals surface area contributed by atoms with Crippen molar-refractivity contribution in [3.05, 3.63) is 35.7 Å². The highest BCUT2D eigenvalue weighted by Gasteiger charge is 1.92. The predicted molar refractivity (Wildman–Crippen MR) is 45.0 cm³/mol. The Morgan fingerprint density at radius 1 is 1.40 bits per heavy atom. The zero-order valence-electron chi connectivity index (χ0n) is 6.52. The van der Waals surface area contributed by atoms with E-state index in [1.54, 1.807) is 6.08 Å². The normalized spacial score (nSPS) is 13.4. The molecule has 0 aliphatic rings. The van der Waals surface area contributed by atoms with Crippen LogP contribution in [-0.2, 0) is 0 Å². The molecule has 0 amide bonds. The van der Waals surface area contributed by atoms with Crippen LogP contribution in [0, 0.1) is 0 Å². The fourth-order valence-corrected chi connectivity index (χ4v) is 0.571. The Morgan fingerprint density at radius 3 is 2.20 bits per heavy atom. The third-order valence-corrected chi connectivity index (χ3v) is 1.23. The predicted octanol–water partition coefficient (Wildman–Crippen LogP) is 1.27. The monoisotopic (exact) mass is 138 g/mol. The quantitative estimate of drug-likeness (QED) is 0.564. The molecule has 10 heavy (non-hydrogen) atoms. The van der Waals surface area contributed by atoms with Crippen molar-refractivity contribution in [3.63, 3.8) is 0 Å². The van der Waals surface area contributed by atoms with Crippen molar-refractivity contribution in [1.82, 2.24) is 0 Å². The summed E-state index contributed by atoms with van der Waals surface area (Å²) < 4.78 is 0. The van der Waals surface area contributed by atoms with Crippen LogP contribution in [0.4, 0.5) is 0 Å². The molecule has 0 saturated carbocycles. The van der Waals surface area contributed by atoms with Gasteiger partial charge in [0.05, 0.1) is 0 Å². The molecule has 56 valence electrons. The van der Waals surface area contributed by atoms with E-state index in [0.717, 1.165) is 11.1 Å². The van der Waals surface area contributed by atoms with E-state index in [2.05, 4.69) is 6.58 Å². The molecular weight excluding hydrogens is 124 g/mol. The van der Waals surface area contributed by atoms with Gasteiger partial charge in [0.1, 0.15) is 0 Å². The van der Waals surface area contributed by atoms with Gasteiger partial charge in [-0.2, -0.15) is 0 Å². The molecule has 2 nitrogen and oxygen atoms in total. The van der Waals surface area contributed by atoms with Crippen molar-refractivity contribution in [1.29, 1.82) is 0 Å². The molecular formula is C8H14N2. The van der Waals surface area contributed by atoms with Crippen LogP contribution in [0.5, 0.6) is 0 Å². The highest BCUT2D eigenvalue weighted by molar-refractivity contribution is 5.33. The number of rotatable bonds is 2. The Hall–Kier alpha value is -1.18. The Morgan fingerprint density at radius 2 is 1.90 bits per heavy atom. The van der Waals surface area contributed by atoms with E-state index < -0.39 is 0 Å². The van der Waals surface area contributed by atoms with Crippen LogP contribution >= 0.6 is 0 Å². The summed E-state index contributed by atoms with van der Waals surface area (Å²) in [6, 6.07) is 0. The number of nitrogens with two attached hydrogens (primary N) is 2. The highest BCUT2D eigenvalue weighted by atomic mass is 14.6. The van der Waals surface area contributed by atoms with E-state index in [1.807, 2.05) is 13.8 Å². The largest absolute Gasteiger partial charge is 0.405 e. The second-order valence-electron chi connectivity index (χ2n) is 2.24. The molecule has 0 aliphatic carbocycles. The minimum Gasteiger partial charge on any atom is -0.405 e. The molecule has 0 spiro atoms. The van der Waals surface area contributed by atoms with Crippen molar-refractivity contribution in [2.45, 2.75) is 13.8 Å². The Labute approximate surface area is 61.9 Å². The van der Waals surface area contributed by atoms with E-state index in [1.165, 1.54) is 6.20 Å². The van der Waals surface area contributed by atoms with Crippen LogP contribution in [0.15, 0.2) is 35.7 Å². The molecule has 2 heteroatoms. The molecule has 0 unspecified atom stereocenters.